The lowest BCUT2D eigenvalue weighted by Gasteiger charge is -2.11. The van der Waals surface area contributed by atoms with E-state index in [0.29, 0.717) is 12.3 Å². The molecule has 0 unspecified atom stereocenters. The second-order valence-electron chi connectivity index (χ2n) is 4.37. The van der Waals surface area contributed by atoms with E-state index in [1.54, 1.807) is 19.2 Å². The van der Waals surface area contributed by atoms with Crippen LogP contribution in [0.15, 0.2) is 36.4 Å². The van der Waals surface area contributed by atoms with Gasteiger partial charge in [-0.2, -0.15) is 13.2 Å². The number of nitrogen functional groups attached to an aromatic ring is 1. The average Bonchev–Trinajstić information content (AvgIpc) is 2.44. The largest absolute Gasteiger partial charge is 0.497 e. The summed E-state index contributed by atoms with van der Waals surface area (Å²) in [5, 5.41) is 2.89. The fourth-order valence-corrected chi connectivity index (χ4v) is 1.75. The number of hydrogen-bond acceptors (Lipinski definition) is 4. The van der Waals surface area contributed by atoms with E-state index >= 15 is 0 Å². The molecule has 0 saturated heterocycles. The molecular formula is C14H14F3N3O. The summed E-state index contributed by atoms with van der Waals surface area (Å²) in [5.41, 5.74) is 5.55. The molecule has 0 atom stereocenters. The first kappa shape index (κ1) is 15.0. The molecule has 21 heavy (non-hydrogen) atoms. The molecule has 0 aliphatic carbocycles. The number of pyridine rings is 1. The molecule has 112 valence electrons. The van der Waals surface area contributed by atoms with Crippen LogP contribution in [-0.4, -0.2) is 12.1 Å². The van der Waals surface area contributed by atoms with Crippen molar-refractivity contribution in [2.75, 3.05) is 18.2 Å². The van der Waals surface area contributed by atoms with E-state index in [9.17, 15) is 13.2 Å². The van der Waals surface area contributed by atoms with Crippen LogP contribution in [-0.2, 0) is 12.7 Å². The number of ether oxygens (including phenoxy) is 1. The Hall–Kier alpha value is -2.44. The van der Waals surface area contributed by atoms with Crippen molar-refractivity contribution in [3.05, 3.63) is 47.7 Å². The Labute approximate surface area is 119 Å². The number of nitrogens with two attached hydrogens (primary N) is 1. The Kier molecular flexibility index (Phi) is 4.21. The van der Waals surface area contributed by atoms with Gasteiger partial charge < -0.3 is 15.8 Å². The molecule has 0 spiro atoms. The van der Waals surface area contributed by atoms with E-state index in [1.165, 1.54) is 6.07 Å². The number of halogens is 3. The van der Waals surface area contributed by atoms with E-state index in [4.69, 9.17) is 10.5 Å². The molecule has 0 saturated carbocycles. The predicted molar refractivity (Wildman–Crippen MR) is 74.0 cm³/mol. The number of anilines is 2. The van der Waals surface area contributed by atoms with Gasteiger partial charge in [-0.05, 0) is 23.8 Å². The average molecular weight is 297 g/mol. The van der Waals surface area contributed by atoms with Gasteiger partial charge in [-0.15, -0.1) is 0 Å². The molecule has 0 fully saturated rings. The van der Waals surface area contributed by atoms with Gasteiger partial charge in [0.25, 0.3) is 0 Å². The van der Waals surface area contributed by atoms with E-state index < -0.39 is 11.9 Å². The Morgan fingerprint density at radius 2 is 1.86 bits per heavy atom. The molecular weight excluding hydrogens is 283 g/mol. The first-order valence-electron chi connectivity index (χ1n) is 6.10. The van der Waals surface area contributed by atoms with Crippen LogP contribution in [0.2, 0.25) is 0 Å². The number of rotatable bonds is 4. The number of nitrogens with one attached hydrogen (secondary N) is 1. The van der Waals surface area contributed by atoms with Gasteiger partial charge in [-0.1, -0.05) is 12.1 Å². The number of alkyl halides is 3. The number of aromatic nitrogens is 1. The molecule has 3 N–H and O–H groups in total. The summed E-state index contributed by atoms with van der Waals surface area (Å²) in [4.78, 5) is 3.28. The van der Waals surface area contributed by atoms with Crippen molar-refractivity contribution in [1.82, 2.24) is 4.98 Å². The number of benzene rings is 1. The number of hydrogen-bond donors (Lipinski definition) is 2. The minimum Gasteiger partial charge on any atom is -0.497 e. The molecule has 2 aromatic rings. The molecule has 0 bridgehead atoms. The Balaban J connectivity index is 2.10. The zero-order valence-corrected chi connectivity index (χ0v) is 11.2. The molecule has 1 heterocycles. The molecule has 0 aliphatic rings. The molecule has 7 heteroatoms. The summed E-state index contributed by atoms with van der Waals surface area (Å²) in [6, 6.07) is 9.49. The van der Waals surface area contributed by atoms with Crippen LogP contribution in [0.5, 0.6) is 5.75 Å². The minimum atomic E-state index is -4.52. The fourth-order valence-electron chi connectivity index (χ4n) is 1.75. The summed E-state index contributed by atoms with van der Waals surface area (Å²) >= 11 is 0. The van der Waals surface area contributed by atoms with Gasteiger partial charge in [0.05, 0.1) is 7.11 Å². The predicted octanol–water partition coefficient (Wildman–Crippen LogP) is 3.30. The van der Waals surface area contributed by atoms with Gasteiger partial charge in [0.1, 0.15) is 17.3 Å². The van der Waals surface area contributed by atoms with Gasteiger partial charge in [0, 0.05) is 18.3 Å². The zero-order valence-electron chi connectivity index (χ0n) is 11.2. The van der Waals surface area contributed by atoms with E-state index in [2.05, 4.69) is 10.3 Å². The van der Waals surface area contributed by atoms with E-state index in [-0.39, 0.29) is 11.5 Å². The van der Waals surface area contributed by atoms with Crippen molar-refractivity contribution < 1.29 is 17.9 Å². The van der Waals surface area contributed by atoms with Gasteiger partial charge >= 0.3 is 6.18 Å². The SMILES string of the molecule is COc1ccc(CNc2cc(N)nc(C(F)(F)F)c2)cc1. The maximum Gasteiger partial charge on any atom is 0.433 e. The third kappa shape index (κ3) is 4.01. The number of nitrogens with zero attached hydrogens (tertiary/aromatic N) is 1. The first-order chi connectivity index (χ1) is 9.88. The molecule has 4 nitrogen and oxygen atoms in total. The third-order valence-electron chi connectivity index (χ3n) is 2.79. The Morgan fingerprint density at radius 1 is 1.19 bits per heavy atom. The normalized spacial score (nSPS) is 11.2. The Morgan fingerprint density at radius 3 is 2.43 bits per heavy atom. The smallest absolute Gasteiger partial charge is 0.433 e. The number of methoxy groups -OCH3 is 1. The molecule has 0 aliphatic heterocycles. The van der Waals surface area contributed by atoms with Crippen molar-refractivity contribution in [2.24, 2.45) is 0 Å². The summed E-state index contributed by atoms with van der Waals surface area (Å²) < 4.78 is 42.9. The first-order valence-corrected chi connectivity index (χ1v) is 6.10. The van der Waals surface area contributed by atoms with Crippen molar-refractivity contribution in [1.29, 1.82) is 0 Å². The van der Waals surface area contributed by atoms with E-state index in [1.807, 2.05) is 12.1 Å². The molecule has 1 aromatic carbocycles. The maximum absolute atomic E-state index is 12.6. The Bertz CT molecular complexity index is 612. The quantitative estimate of drug-likeness (QED) is 0.909. The second-order valence-corrected chi connectivity index (χ2v) is 4.37. The van der Waals surface area contributed by atoms with Crippen LogP contribution in [0.1, 0.15) is 11.3 Å². The lowest BCUT2D eigenvalue weighted by molar-refractivity contribution is -0.141. The van der Waals surface area contributed by atoms with Crippen molar-refractivity contribution >= 4 is 11.5 Å². The summed E-state index contributed by atoms with van der Waals surface area (Å²) in [7, 11) is 1.56. The van der Waals surface area contributed by atoms with Crippen LogP contribution in [0.4, 0.5) is 24.7 Å². The summed E-state index contributed by atoms with van der Waals surface area (Å²) in [6.07, 6.45) is -4.52. The summed E-state index contributed by atoms with van der Waals surface area (Å²) in [5.74, 6) is 0.535. The lowest BCUT2D eigenvalue weighted by Crippen LogP contribution is -2.11. The summed E-state index contributed by atoms with van der Waals surface area (Å²) in [6.45, 7) is 0.366. The van der Waals surface area contributed by atoms with Gasteiger partial charge in [0.2, 0.25) is 0 Å². The van der Waals surface area contributed by atoms with Gasteiger partial charge in [0.15, 0.2) is 0 Å². The van der Waals surface area contributed by atoms with Crippen LogP contribution in [0, 0.1) is 0 Å². The lowest BCUT2D eigenvalue weighted by atomic mass is 10.2. The highest BCUT2D eigenvalue weighted by molar-refractivity contribution is 5.52. The van der Waals surface area contributed by atoms with Crippen molar-refractivity contribution in [3.63, 3.8) is 0 Å². The minimum absolute atomic E-state index is 0.179. The highest BCUT2D eigenvalue weighted by atomic mass is 19.4. The second kappa shape index (κ2) is 5.90. The van der Waals surface area contributed by atoms with Crippen molar-refractivity contribution in [3.8, 4) is 5.75 Å². The molecule has 2 rings (SSSR count). The molecule has 0 amide bonds. The maximum atomic E-state index is 12.6. The monoisotopic (exact) mass is 297 g/mol. The highest BCUT2D eigenvalue weighted by Crippen LogP contribution is 2.30. The van der Waals surface area contributed by atoms with Gasteiger partial charge in [-0.25, -0.2) is 4.98 Å². The molecule has 0 radical (unpaired) electrons. The van der Waals surface area contributed by atoms with Crippen LogP contribution >= 0.6 is 0 Å². The highest BCUT2D eigenvalue weighted by Gasteiger charge is 2.33. The van der Waals surface area contributed by atoms with Crippen LogP contribution in [0.3, 0.4) is 0 Å². The molecule has 1 aromatic heterocycles. The topological polar surface area (TPSA) is 60.2 Å². The van der Waals surface area contributed by atoms with Crippen LogP contribution in [0.25, 0.3) is 0 Å². The zero-order chi connectivity index (χ0) is 15.5. The fraction of sp³-hybridized carbons (Fsp3) is 0.214. The van der Waals surface area contributed by atoms with Crippen LogP contribution < -0.4 is 15.8 Å². The van der Waals surface area contributed by atoms with Crippen molar-refractivity contribution in [2.45, 2.75) is 12.7 Å². The van der Waals surface area contributed by atoms with Gasteiger partial charge in [-0.3, -0.25) is 0 Å². The standard InChI is InChI=1S/C14H14F3N3O/c1-21-11-4-2-9(3-5-11)8-19-10-6-12(14(15,16)17)20-13(18)7-10/h2-7H,8H2,1H3,(H3,18,19,20). The van der Waals surface area contributed by atoms with E-state index in [0.717, 1.165) is 11.6 Å². The third-order valence-corrected chi connectivity index (χ3v) is 2.79.